The zero-order chi connectivity index (χ0) is 23.3. The van der Waals surface area contributed by atoms with Crippen molar-refractivity contribution in [3.8, 4) is 0 Å². The van der Waals surface area contributed by atoms with Crippen LogP contribution in [0.3, 0.4) is 0 Å². The minimum absolute atomic E-state index is 0.178. The number of ether oxygens (including phenoxy) is 2. The van der Waals surface area contributed by atoms with E-state index >= 15 is 0 Å². The number of benzene rings is 2. The van der Waals surface area contributed by atoms with Gasteiger partial charge in [0.25, 0.3) is 0 Å². The summed E-state index contributed by atoms with van der Waals surface area (Å²) in [7, 11) is 1.38. The normalized spacial score (nSPS) is 23.1. The molecule has 6 nitrogen and oxygen atoms in total. The highest BCUT2D eigenvalue weighted by atomic mass is 19.1. The maximum Gasteiger partial charge on any atom is 0.410 e. The van der Waals surface area contributed by atoms with Gasteiger partial charge in [-0.05, 0) is 80.7 Å². The molecule has 4 aliphatic rings. The second kappa shape index (κ2) is 10.3. The van der Waals surface area contributed by atoms with E-state index < -0.39 is 0 Å². The molecule has 2 bridgehead atoms. The molecule has 4 aliphatic heterocycles. The Morgan fingerprint density at radius 1 is 0.970 bits per heavy atom. The number of carbonyl (C=O) groups excluding carboxylic acids is 2. The first-order valence-electron chi connectivity index (χ1n) is 11.5. The van der Waals surface area contributed by atoms with E-state index in [0.29, 0.717) is 25.3 Å². The Bertz CT molecular complexity index is 960. The average Bonchev–Trinajstić information content (AvgIpc) is 2.88. The summed E-state index contributed by atoms with van der Waals surface area (Å²) in [6, 6.07) is 13.5. The highest BCUT2D eigenvalue weighted by Crippen LogP contribution is 2.40. The zero-order valence-corrected chi connectivity index (χ0v) is 19.1. The summed E-state index contributed by atoms with van der Waals surface area (Å²) in [6.45, 7) is 5.07. The largest absolute Gasteiger partial charge is 0.465 e. The van der Waals surface area contributed by atoms with Gasteiger partial charge < -0.3 is 19.3 Å². The number of nitrogens with zero attached hydrogens (tertiary/aromatic N) is 2. The number of piperidine rings is 3. The number of methoxy groups -OCH3 is 1. The van der Waals surface area contributed by atoms with Gasteiger partial charge in [0.15, 0.2) is 0 Å². The van der Waals surface area contributed by atoms with Gasteiger partial charge in [0.1, 0.15) is 5.82 Å². The van der Waals surface area contributed by atoms with Crippen molar-refractivity contribution in [2.75, 3.05) is 39.9 Å². The van der Waals surface area contributed by atoms with Crippen LogP contribution in [0.15, 0.2) is 48.5 Å². The molecule has 0 spiro atoms. The van der Waals surface area contributed by atoms with Crippen molar-refractivity contribution >= 4 is 12.1 Å². The Kier molecular flexibility index (Phi) is 7.28. The Labute approximate surface area is 194 Å². The van der Waals surface area contributed by atoms with Gasteiger partial charge in [0.2, 0.25) is 0 Å². The molecule has 7 heteroatoms. The fourth-order valence-electron chi connectivity index (χ4n) is 4.79. The van der Waals surface area contributed by atoms with Crippen LogP contribution in [0.5, 0.6) is 0 Å². The summed E-state index contributed by atoms with van der Waals surface area (Å²) in [5.41, 5.74) is 2.89. The van der Waals surface area contributed by atoms with Crippen LogP contribution in [0, 0.1) is 11.2 Å². The van der Waals surface area contributed by atoms with Crippen LogP contribution in [0.25, 0.3) is 0 Å². The molecule has 3 saturated heterocycles. The maximum atomic E-state index is 12.6. The lowest BCUT2D eigenvalue weighted by Gasteiger charge is -2.48. The number of amides is 1. The second-order valence-corrected chi connectivity index (χ2v) is 9.09. The van der Waals surface area contributed by atoms with E-state index in [1.165, 1.54) is 24.8 Å². The Morgan fingerprint density at radius 3 is 2.27 bits per heavy atom. The molecule has 4 heterocycles. The quantitative estimate of drug-likeness (QED) is 0.648. The highest BCUT2D eigenvalue weighted by Gasteiger charge is 2.40. The van der Waals surface area contributed by atoms with E-state index in [-0.39, 0.29) is 23.3 Å². The van der Waals surface area contributed by atoms with Gasteiger partial charge in [-0.25, -0.2) is 14.0 Å². The van der Waals surface area contributed by atoms with E-state index in [2.05, 4.69) is 4.90 Å². The van der Waals surface area contributed by atoms with Crippen molar-refractivity contribution < 1.29 is 23.5 Å². The van der Waals surface area contributed by atoms with E-state index in [1.807, 2.05) is 12.1 Å². The molecule has 0 N–H and O–H groups in total. The number of hydrogen-bond acceptors (Lipinski definition) is 5. The maximum absolute atomic E-state index is 12.6. The molecular weight excluding hydrogens is 423 g/mol. The Hall–Kier alpha value is -2.93. The molecule has 0 atom stereocenters. The molecular formula is C26H31FN2O4. The molecule has 0 aromatic heterocycles. The van der Waals surface area contributed by atoms with E-state index in [9.17, 15) is 14.0 Å². The summed E-state index contributed by atoms with van der Waals surface area (Å²) < 4.78 is 22.4. The summed E-state index contributed by atoms with van der Waals surface area (Å²) in [6.07, 6.45) is 3.94. The van der Waals surface area contributed by atoms with Crippen LogP contribution in [0.1, 0.15) is 40.7 Å². The predicted molar refractivity (Wildman–Crippen MR) is 122 cm³/mol. The second-order valence-electron chi connectivity index (χ2n) is 9.09. The number of halogens is 1. The molecule has 33 heavy (non-hydrogen) atoms. The van der Waals surface area contributed by atoms with Gasteiger partial charge in [0.05, 0.1) is 19.3 Å². The fourth-order valence-corrected chi connectivity index (χ4v) is 4.79. The van der Waals surface area contributed by atoms with Gasteiger partial charge >= 0.3 is 12.1 Å². The topological polar surface area (TPSA) is 59.1 Å². The first kappa shape index (κ1) is 23.2. The molecule has 2 aromatic carbocycles. The summed E-state index contributed by atoms with van der Waals surface area (Å²) in [4.78, 5) is 28.6. The number of fused-ring (bicyclic) bond motifs is 4. The van der Waals surface area contributed by atoms with Crippen LogP contribution >= 0.6 is 0 Å². The molecule has 0 unspecified atom stereocenters. The number of carbonyl (C=O) groups is 2. The van der Waals surface area contributed by atoms with Gasteiger partial charge in [-0.3, -0.25) is 0 Å². The minimum atomic E-state index is -0.352. The summed E-state index contributed by atoms with van der Waals surface area (Å²) in [5, 5.41) is 0. The van der Waals surface area contributed by atoms with Crippen LogP contribution in [0.2, 0.25) is 0 Å². The van der Waals surface area contributed by atoms with Crippen molar-refractivity contribution in [1.29, 1.82) is 0 Å². The smallest absolute Gasteiger partial charge is 0.410 e. The van der Waals surface area contributed by atoms with E-state index in [0.717, 1.165) is 50.9 Å². The number of hydrogen-bond donors (Lipinski definition) is 0. The van der Waals surface area contributed by atoms with E-state index in [4.69, 9.17) is 9.47 Å². The molecule has 2 aromatic rings. The SMILES string of the molecule is COC(=O)c1ccc2c(c1)CN(C(=O)OCC13CCN(CC1)CC3)CC2.Fc1ccccc1. The highest BCUT2D eigenvalue weighted by molar-refractivity contribution is 5.89. The summed E-state index contributed by atoms with van der Waals surface area (Å²) >= 11 is 0. The van der Waals surface area contributed by atoms with Gasteiger partial charge in [-0.15, -0.1) is 0 Å². The Balaban J connectivity index is 0.000000318. The van der Waals surface area contributed by atoms with Crippen molar-refractivity contribution in [2.24, 2.45) is 5.41 Å². The Morgan fingerprint density at radius 2 is 1.67 bits per heavy atom. The third-order valence-corrected chi connectivity index (χ3v) is 7.01. The van der Waals surface area contributed by atoms with Gasteiger partial charge in [0, 0.05) is 18.5 Å². The molecule has 6 rings (SSSR count). The van der Waals surface area contributed by atoms with Gasteiger partial charge in [-0.2, -0.15) is 0 Å². The van der Waals surface area contributed by atoms with Crippen LogP contribution in [0.4, 0.5) is 9.18 Å². The van der Waals surface area contributed by atoms with Crippen LogP contribution in [-0.2, 0) is 22.4 Å². The van der Waals surface area contributed by atoms with Crippen molar-refractivity contribution in [1.82, 2.24) is 9.80 Å². The third kappa shape index (κ3) is 5.71. The number of rotatable bonds is 3. The standard InChI is InChI=1S/C20H26N2O4.C6H5F/c1-25-18(23)16-3-2-15-4-8-22(13-17(15)12-16)19(24)26-14-20-5-9-21(10-6-20)11-7-20;7-6-4-2-1-3-5-6/h2-3,12H,4-11,13-14H2,1H3;1-5H. The minimum Gasteiger partial charge on any atom is -0.465 e. The van der Waals surface area contributed by atoms with Crippen molar-refractivity contribution in [3.63, 3.8) is 0 Å². The molecule has 0 aliphatic carbocycles. The monoisotopic (exact) mass is 454 g/mol. The third-order valence-electron chi connectivity index (χ3n) is 7.01. The predicted octanol–water partition coefficient (Wildman–Crippen LogP) is 4.28. The van der Waals surface area contributed by atoms with Crippen molar-refractivity contribution in [3.05, 3.63) is 71.0 Å². The number of esters is 1. The van der Waals surface area contributed by atoms with Gasteiger partial charge in [-0.1, -0.05) is 24.3 Å². The lowest BCUT2D eigenvalue weighted by Crippen LogP contribution is -2.50. The fraction of sp³-hybridized carbons (Fsp3) is 0.462. The molecule has 3 fully saturated rings. The molecule has 1 amide bonds. The lowest BCUT2D eigenvalue weighted by atomic mass is 9.73. The molecule has 176 valence electrons. The summed E-state index contributed by atoms with van der Waals surface area (Å²) in [5.74, 6) is -0.530. The zero-order valence-electron chi connectivity index (χ0n) is 19.1. The first-order valence-corrected chi connectivity index (χ1v) is 11.5. The average molecular weight is 455 g/mol. The van der Waals surface area contributed by atoms with Crippen LogP contribution in [-0.4, -0.2) is 61.8 Å². The van der Waals surface area contributed by atoms with E-state index in [1.54, 1.807) is 29.2 Å². The van der Waals surface area contributed by atoms with Crippen molar-refractivity contribution in [2.45, 2.75) is 32.2 Å². The van der Waals surface area contributed by atoms with Crippen LogP contribution < -0.4 is 0 Å². The molecule has 0 saturated carbocycles. The molecule has 0 radical (unpaired) electrons. The first-order chi connectivity index (χ1) is 16.0. The lowest BCUT2D eigenvalue weighted by molar-refractivity contribution is -0.0288.